The van der Waals surface area contributed by atoms with Gasteiger partial charge in [-0.3, -0.25) is 9.69 Å². The van der Waals surface area contributed by atoms with Gasteiger partial charge in [-0.05, 0) is 56.5 Å². The van der Waals surface area contributed by atoms with E-state index in [2.05, 4.69) is 11.8 Å². The molecule has 0 radical (unpaired) electrons. The highest BCUT2D eigenvalue weighted by molar-refractivity contribution is 5.96. The van der Waals surface area contributed by atoms with Gasteiger partial charge in [0.1, 0.15) is 5.82 Å². The summed E-state index contributed by atoms with van der Waals surface area (Å²) < 4.78 is 13.2. The molecule has 4 heteroatoms. The Labute approximate surface area is 119 Å². The molecule has 0 unspecified atom stereocenters. The maximum absolute atomic E-state index is 13.2. The van der Waals surface area contributed by atoms with Gasteiger partial charge < -0.3 is 4.90 Å². The molecule has 0 bridgehead atoms. The molecule has 0 aromatic heterocycles. The van der Waals surface area contributed by atoms with Gasteiger partial charge in [-0.2, -0.15) is 0 Å². The van der Waals surface area contributed by atoms with Crippen LogP contribution >= 0.6 is 0 Å². The van der Waals surface area contributed by atoms with Gasteiger partial charge in [0, 0.05) is 31.2 Å². The number of halogens is 1. The first kappa shape index (κ1) is 13.6. The smallest absolute Gasteiger partial charge is 0.254 e. The van der Waals surface area contributed by atoms with Crippen molar-refractivity contribution < 1.29 is 9.18 Å². The molecule has 2 heterocycles. The molecule has 0 saturated carbocycles. The number of fused-ring (bicyclic) bond motifs is 1. The average Bonchev–Trinajstić information content (AvgIpc) is 2.83. The first-order valence-corrected chi connectivity index (χ1v) is 7.47. The molecule has 1 saturated heterocycles. The molecule has 2 aliphatic rings. The van der Waals surface area contributed by atoms with E-state index in [0.717, 1.165) is 31.6 Å². The minimum atomic E-state index is -0.254. The van der Waals surface area contributed by atoms with Crippen LogP contribution < -0.4 is 0 Å². The molecule has 1 fully saturated rings. The third kappa shape index (κ3) is 2.57. The molecule has 1 amide bonds. The number of rotatable bonds is 3. The molecule has 0 spiro atoms. The number of carbonyl (C=O) groups is 1. The SMILES string of the molecule is C[C@@H]1CCCN1CCN1CCc2cc(F)ccc2C1=O. The van der Waals surface area contributed by atoms with Gasteiger partial charge in [0.15, 0.2) is 0 Å². The lowest BCUT2D eigenvalue weighted by atomic mass is 9.99. The van der Waals surface area contributed by atoms with Gasteiger partial charge in [0.25, 0.3) is 5.91 Å². The Hall–Kier alpha value is -1.42. The van der Waals surface area contributed by atoms with Crippen molar-refractivity contribution in [2.45, 2.75) is 32.2 Å². The third-order valence-corrected chi connectivity index (χ3v) is 4.58. The molecule has 0 aliphatic carbocycles. The summed E-state index contributed by atoms with van der Waals surface area (Å²) in [5, 5.41) is 0. The van der Waals surface area contributed by atoms with Crippen molar-refractivity contribution in [2.24, 2.45) is 0 Å². The Bertz CT molecular complexity index is 517. The Morgan fingerprint density at radius 3 is 2.90 bits per heavy atom. The van der Waals surface area contributed by atoms with Crippen LogP contribution in [0.5, 0.6) is 0 Å². The molecule has 0 N–H and O–H groups in total. The predicted molar refractivity (Wildman–Crippen MR) is 76.3 cm³/mol. The van der Waals surface area contributed by atoms with Gasteiger partial charge in [-0.15, -0.1) is 0 Å². The molecule has 3 rings (SSSR count). The fraction of sp³-hybridized carbons (Fsp3) is 0.562. The van der Waals surface area contributed by atoms with Crippen LogP contribution in [0.4, 0.5) is 4.39 Å². The number of carbonyl (C=O) groups excluding carboxylic acids is 1. The van der Waals surface area contributed by atoms with Crippen molar-refractivity contribution in [3.05, 3.63) is 35.1 Å². The Kier molecular flexibility index (Phi) is 3.74. The average molecular weight is 276 g/mol. The number of hydrogen-bond acceptors (Lipinski definition) is 2. The molecule has 1 aromatic rings. The zero-order valence-corrected chi connectivity index (χ0v) is 11.9. The molecule has 20 heavy (non-hydrogen) atoms. The van der Waals surface area contributed by atoms with E-state index in [9.17, 15) is 9.18 Å². The van der Waals surface area contributed by atoms with E-state index in [1.54, 1.807) is 6.07 Å². The summed E-state index contributed by atoms with van der Waals surface area (Å²) in [6.45, 7) is 5.83. The van der Waals surface area contributed by atoms with Crippen LogP contribution in [0.2, 0.25) is 0 Å². The summed E-state index contributed by atoms with van der Waals surface area (Å²) in [6.07, 6.45) is 3.28. The van der Waals surface area contributed by atoms with Crippen molar-refractivity contribution in [2.75, 3.05) is 26.2 Å². The lowest BCUT2D eigenvalue weighted by Crippen LogP contribution is -2.43. The number of nitrogens with zero attached hydrogens (tertiary/aromatic N) is 2. The van der Waals surface area contributed by atoms with Gasteiger partial charge in [-0.1, -0.05) is 0 Å². The number of amides is 1. The first-order chi connectivity index (χ1) is 9.65. The van der Waals surface area contributed by atoms with Gasteiger partial charge in [0.05, 0.1) is 0 Å². The van der Waals surface area contributed by atoms with Crippen molar-refractivity contribution in [3.8, 4) is 0 Å². The second-order valence-electron chi connectivity index (χ2n) is 5.87. The van der Waals surface area contributed by atoms with E-state index in [4.69, 9.17) is 0 Å². The minimum Gasteiger partial charge on any atom is -0.337 e. The van der Waals surface area contributed by atoms with Crippen molar-refractivity contribution in [3.63, 3.8) is 0 Å². The van der Waals surface area contributed by atoms with Crippen LogP contribution in [-0.4, -0.2) is 47.9 Å². The highest BCUT2D eigenvalue weighted by Gasteiger charge is 2.26. The lowest BCUT2D eigenvalue weighted by Gasteiger charge is -2.31. The predicted octanol–water partition coefficient (Wildman–Crippen LogP) is 2.31. The molecule has 1 atom stereocenters. The van der Waals surface area contributed by atoms with E-state index in [1.807, 2.05) is 4.90 Å². The summed E-state index contributed by atoms with van der Waals surface area (Å²) in [7, 11) is 0. The maximum Gasteiger partial charge on any atom is 0.254 e. The highest BCUT2D eigenvalue weighted by atomic mass is 19.1. The second-order valence-corrected chi connectivity index (χ2v) is 5.87. The number of likely N-dealkylation sites (tertiary alicyclic amines) is 1. The summed E-state index contributed by atoms with van der Waals surface area (Å²) in [5.74, 6) is -0.200. The highest BCUT2D eigenvalue weighted by Crippen LogP contribution is 2.21. The van der Waals surface area contributed by atoms with Crippen LogP contribution in [0.1, 0.15) is 35.7 Å². The van der Waals surface area contributed by atoms with E-state index < -0.39 is 0 Å². The molecular formula is C16H21FN2O. The fourth-order valence-electron chi connectivity index (χ4n) is 3.29. The molecule has 3 nitrogen and oxygen atoms in total. The van der Waals surface area contributed by atoms with E-state index in [1.165, 1.54) is 25.0 Å². The zero-order valence-electron chi connectivity index (χ0n) is 11.9. The minimum absolute atomic E-state index is 0.0538. The number of hydrogen-bond donors (Lipinski definition) is 0. The van der Waals surface area contributed by atoms with Crippen molar-refractivity contribution in [1.82, 2.24) is 9.80 Å². The van der Waals surface area contributed by atoms with Crippen LogP contribution in [0.15, 0.2) is 18.2 Å². The van der Waals surface area contributed by atoms with Crippen LogP contribution in [0.25, 0.3) is 0 Å². The Morgan fingerprint density at radius 2 is 2.15 bits per heavy atom. The third-order valence-electron chi connectivity index (χ3n) is 4.58. The summed E-state index contributed by atoms with van der Waals surface area (Å²) in [5.41, 5.74) is 1.52. The fourth-order valence-corrected chi connectivity index (χ4v) is 3.29. The topological polar surface area (TPSA) is 23.6 Å². The standard InChI is InChI=1S/C16H21FN2O/c1-12-3-2-7-18(12)9-10-19-8-6-13-11-14(17)4-5-15(13)16(19)20/h4-5,11-12H,2-3,6-10H2,1H3/t12-/m1/s1. The van der Waals surface area contributed by atoms with Crippen LogP contribution in [0, 0.1) is 5.82 Å². The maximum atomic E-state index is 13.2. The normalized spacial score (nSPS) is 23.2. The first-order valence-electron chi connectivity index (χ1n) is 7.47. The molecular weight excluding hydrogens is 255 g/mol. The summed E-state index contributed by atoms with van der Waals surface area (Å²) >= 11 is 0. The summed E-state index contributed by atoms with van der Waals surface area (Å²) in [4.78, 5) is 16.8. The second kappa shape index (κ2) is 5.52. The largest absolute Gasteiger partial charge is 0.337 e. The van der Waals surface area contributed by atoms with Crippen LogP contribution in [-0.2, 0) is 6.42 Å². The molecule has 2 aliphatic heterocycles. The van der Waals surface area contributed by atoms with Gasteiger partial charge in [0.2, 0.25) is 0 Å². The summed E-state index contributed by atoms with van der Waals surface area (Å²) in [6, 6.07) is 5.13. The van der Waals surface area contributed by atoms with Gasteiger partial charge >= 0.3 is 0 Å². The Balaban J connectivity index is 1.65. The van der Waals surface area contributed by atoms with Gasteiger partial charge in [-0.25, -0.2) is 4.39 Å². The van der Waals surface area contributed by atoms with E-state index in [0.29, 0.717) is 18.2 Å². The lowest BCUT2D eigenvalue weighted by molar-refractivity contribution is 0.0716. The molecule has 1 aromatic carbocycles. The van der Waals surface area contributed by atoms with E-state index in [-0.39, 0.29) is 11.7 Å². The zero-order chi connectivity index (χ0) is 14.1. The Morgan fingerprint density at radius 1 is 1.30 bits per heavy atom. The monoisotopic (exact) mass is 276 g/mol. The quantitative estimate of drug-likeness (QED) is 0.846. The van der Waals surface area contributed by atoms with Crippen LogP contribution in [0.3, 0.4) is 0 Å². The van der Waals surface area contributed by atoms with E-state index >= 15 is 0 Å². The molecule has 108 valence electrons. The number of benzene rings is 1. The van der Waals surface area contributed by atoms with Crippen molar-refractivity contribution >= 4 is 5.91 Å². The van der Waals surface area contributed by atoms with Crippen molar-refractivity contribution in [1.29, 1.82) is 0 Å².